The molecule has 0 unspecified atom stereocenters. The lowest BCUT2D eigenvalue weighted by molar-refractivity contribution is 0.726. The third-order valence-corrected chi connectivity index (χ3v) is 4.11. The molecule has 106 valence electrons. The summed E-state index contributed by atoms with van der Waals surface area (Å²) < 4.78 is 0. The Morgan fingerprint density at radius 3 is 2.60 bits per heavy atom. The quantitative estimate of drug-likeness (QED) is 0.904. The summed E-state index contributed by atoms with van der Waals surface area (Å²) in [5.41, 5.74) is 6.83. The average Bonchev–Trinajstić information content (AvgIpc) is 2.82. The van der Waals surface area contributed by atoms with E-state index in [1.165, 1.54) is 37.0 Å². The van der Waals surface area contributed by atoms with Crippen LogP contribution in [0, 0.1) is 0 Å². The Morgan fingerprint density at radius 1 is 1.10 bits per heavy atom. The summed E-state index contributed by atoms with van der Waals surface area (Å²) in [6, 6.07) is 0. The van der Waals surface area contributed by atoms with Crippen LogP contribution in [-0.2, 0) is 0 Å². The molecule has 3 N–H and O–H groups in total. The fraction of sp³-hybridized carbons (Fsp3) is 0.462. The first-order valence-electron chi connectivity index (χ1n) is 6.86. The van der Waals surface area contributed by atoms with Crippen LogP contribution in [0.4, 0.5) is 22.5 Å². The van der Waals surface area contributed by atoms with Crippen molar-refractivity contribution in [3.05, 3.63) is 17.9 Å². The smallest absolute Gasteiger partial charge is 0.188 e. The van der Waals surface area contributed by atoms with E-state index in [2.05, 4.69) is 25.2 Å². The van der Waals surface area contributed by atoms with Crippen LogP contribution >= 0.6 is 11.3 Å². The summed E-state index contributed by atoms with van der Waals surface area (Å²) in [6.45, 7) is 2.02. The zero-order valence-corrected chi connectivity index (χ0v) is 12.1. The maximum Gasteiger partial charge on any atom is 0.188 e. The van der Waals surface area contributed by atoms with E-state index < -0.39 is 0 Å². The highest BCUT2D eigenvalue weighted by molar-refractivity contribution is 7.13. The third kappa shape index (κ3) is 2.82. The van der Waals surface area contributed by atoms with Crippen molar-refractivity contribution in [3.8, 4) is 0 Å². The first kappa shape index (κ1) is 13.1. The van der Waals surface area contributed by atoms with Crippen molar-refractivity contribution >= 4 is 33.8 Å². The molecular formula is C13H18N6S. The maximum atomic E-state index is 6.23. The molecule has 0 amide bonds. The Kier molecular flexibility index (Phi) is 3.96. The number of aromatic nitrogens is 3. The molecule has 0 aliphatic carbocycles. The van der Waals surface area contributed by atoms with Crippen molar-refractivity contribution in [1.82, 2.24) is 15.0 Å². The van der Waals surface area contributed by atoms with Gasteiger partial charge in [-0.05, 0) is 12.8 Å². The molecule has 0 radical (unpaired) electrons. The molecule has 7 heteroatoms. The standard InChI is InChI=1S/C13H18N6S/c14-10-11(18-13-15-5-8-20-13)16-9-17-12(10)19-6-3-1-2-4-7-19/h5,8-9H,1-4,6-7,14H2,(H,15,16,17,18). The van der Waals surface area contributed by atoms with Gasteiger partial charge in [0.25, 0.3) is 0 Å². The summed E-state index contributed by atoms with van der Waals surface area (Å²) in [6.07, 6.45) is 8.27. The Balaban J connectivity index is 1.84. The SMILES string of the molecule is Nc1c(Nc2nccs2)ncnc1N1CCCCCC1. The van der Waals surface area contributed by atoms with Crippen LogP contribution in [-0.4, -0.2) is 28.0 Å². The number of nitrogens with two attached hydrogens (primary N) is 1. The number of anilines is 4. The van der Waals surface area contributed by atoms with Gasteiger partial charge in [0, 0.05) is 24.7 Å². The lowest BCUT2D eigenvalue weighted by Crippen LogP contribution is -2.26. The van der Waals surface area contributed by atoms with E-state index in [1.807, 2.05) is 5.38 Å². The van der Waals surface area contributed by atoms with Gasteiger partial charge in [-0.25, -0.2) is 15.0 Å². The van der Waals surface area contributed by atoms with E-state index in [-0.39, 0.29) is 0 Å². The molecule has 3 rings (SSSR count). The van der Waals surface area contributed by atoms with E-state index >= 15 is 0 Å². The van der Waals surface area contributed by atoms with E-state index in [4.69, 9.17) is 5.73 Å². The van der Waals surface area contributed by atoms with E-state index in [9.17, 15) is 0 Å². The van der Waals surface area contributed by atoms with Crippen LogP contribution in [0.15, 0.2) is 17.9 Å². The largest absolute Gasteiger partial charge is 0.393 e. The molecule has 0 saturated carbocycles. The van der Waals surface area contributed by atoms with E-state index in [1.54, 1.807) is 12.5 Å². The highest BCUT2D eigenvalue weighted by atomic mass is 32.1. The lowest BCUT2D eigenvalue weighted by Gasteiger charge is -2.23. The minimum absolute atomic E-state index is 0.601. The van der Waals surface area contributed by atoms with Gasteiger partial charge in [0.2, 0.25) is 0 Å². The topological polar surface area (TPSA) is 80.0 Å². The van der Waals surface area contributed by atoms with Crippen molar-refractivity contribution in [2.45, 2.75) is 25.7 Å². The van der Waals surface area contributed by atoms with Crippen LogP contribution in [0.2, 0.25) is 0 Å². The van der Waals surface area contributed by atoms with Crippen molar-refractivity contribution < 1.29 is 0 Å². The second kappa shape index (κ2) is 6.04. The monoisotopic (exact) mass is 290 g/mol. The Labute approximate surface area is 122 Å². The van der Waals surface area contributed by atoms with Crippen LogP contribution < -0.4 is 16.0 Å². The van der Waals surface area contributed by atoms with Crippen LogP contribution in [0.25, 0.3) is 0 Å². The molecule has 6 nitrogen and oxygen atoms in total. The molecule has 0 spiro atoms. The van der Waals surface area contributed by atoms with Gasteiger partial charge in [0.1, 0.15) is 12.0 Å². The maximum absolute atomic E-state index is 6.23. The van der Waals surface area contributed by atoms with Crippen molar-refractivity contribution in [2.75, 3.05) is 29.0 Å². The van der Waals surface area contributed by atoms with Gasteiger partial charge < -0.3 is 16.0 Å². The van der Waals surface area contributed by atoms with Crippen LogP contribution in [0.1, 0.15) is 25.7 Å². The molecule has 3 heterocycles. The predicted molar refractivity (Wildman–Crippen MR) is 82.5 cm³/mol. The molecular weight excluding hydrogens is 272 g/mol. The van der Waals surface area contributed by atoms with E-state index in [0.29, 0.717) is 11.5 Å². The second-order valence-electron chi connectivity index (χ2n) is 4.82. The molecule has 1 fully saturated rings. The Morgan fingerprint density at radius 2 is 1.90 bits per heavy atom. The molecule has 2 aromatic heterocycles. The number of hydrogen-bond acceptors (Lipinski definition) is 7. The van der Waals surface area contributed by atoms with Gasteiger partial charge in [0.15, 0.2) is 16.8 Å². The molecule has 1 saturated heterocycles. The highest BCUT2D eigenvalue weighted by Gasteiger charge is 2.17. The number of nitrogens with zero attached hydrogens (tertiary/aromatic N) is 4. The minimum atomic E-state index is 0.601. The summed E-state index contributed by atoms with van der Waals surface area (Å²) in [5.74, 6) is 1.47. The van der Waals surface area contributed by atoms with Gasteiger partial charge in [-0.2, -0.15) is 0 Å². The molecule has 20 heavy (non-hydrogen) atoms. The number of hydrogen-bond donors (Lipinski definition) is 2. The van der Waals surface area contributed by atoms with Crippen molar-refractivity contribution in [2.24, 2.45) is 0 Å². The normalized spacial score (nSPS) is 15.9. The number of thiazole rings is 1. The predicted octanol–water partition coefficient (Wildman–Crippen LogP) is 2.64. The molecule has 0 bridgehead atoms. The molecule has 0 aromatic carbocycles. The van der Waals surface area contributed by atoms with Gasteiger partial charge in [-0.15, -0.1) is 11.3 Å². The second-order valence-corrected chi connectivity index (χ2v) is 5.72. The molecule has 2 aromatic rings. The zero-order chi connectivity index (χ0) is 13.8. The van der Waals surface area contributed by atoms with Gasteiger partial charge in [-0.3, -0.25) is 0 Å². The number of nitrogens with one attached hydrogen (secondary N) is 1. The van der Waals surface area contributed by atoms with E-state index in [0.717, 1.165) is 24.0 Å². The van der Waals surface area contributed by atoms with Crippen molar-refractivity contribution in [3.63, 3.8) is 0 Å². The molecule has 1 aliphatic heterocycles. The number of nitrogen functional groups attached to an aromatic ring is 1. The molecule has 1 aliphatic rings. The Hall–Kier alpha value is -1.89. The summed E-state index contributed by atoms with van der Waals surface area (Å²) in [7, 11) is 0. The fourth-order valence-electron chi connectivity index (χ4n) is 2.41. The van der Waals surface area contributed by atoms with Gasteiger partial charge >= 0.3 is 0 Å². The molecule has 0 atom stereocenters. The highest BCUT2D eigenvalue weighted by Crippen LogP contribution is 2.30. The zero-order valence-electron chi connectivity index (χ0n) is 11.2. The number of rotatable bonds is 3. The van der Waals surface area contributed by atoms with Crippen LogP contribution in [0.5, 0.6) is 0 Å². The first-order valence-corrected chi connectivity index (χ1v) is 7.74. The summed E-state index contributed by atoms with van der Waals surface area (Å²) in [4.78, 5) is 15.0. The third-order valence-electron chi connectivity index (χ3n) is 3.43. The summed E-state index contributed by atoms with van der Waals surface area (Å²) >= 11 is 1.52. The Bertz CT molecular complexity index is 548. The lowest BCUT2D eigenvalue weighted by atomic mass is 10.2. The fourth-order valence-corrected chi connectivity index (χ4v) is 2.93. The van der Waals surface area contributed by atoms with Crippen molar-refractivity contribution in [1.29, 1.82) is 0 Å². The minimum Gasteiger partial charge on any atom is -0.393 e. The average molecular weight is 290 g/mol. The van der Waals surface area contributed by atoms with Gasteiger partial charge in [0.05, 0.1) is 0 Å². The van der Waals surface area contributed by atoms with Crippen LogP contribution in [0.3, 0.4) is 0 Å². The van der Waals surface area contributed by atoms with Gasteiger partial charge in [-0.1, -0.05) is 12.8 Å². The summed E-state index contributed by atoms with van der Waals surface area (Å²) in [5, 5.41) is 5.85. The first-order chi connectivity index (χ1) is 9.84.